The Labute approximate surface area is 154 Å². The molecule has 2 N–H and O–H groups in total. The van der Waals surface area contributed by atoms with Crippen LogP contribution in [0.4, 0.5) is 10.5 Å². The zero-order chi connectivity index (χ0) is 18.4. The molecule has 2 aromatic rings. The van der Waals surface area contributed by atoms with Crippen molar-refractivity contribution in [2.24, 2.45) is 0 Å². The van der Waals surface area contributed by atoms with Crippen LogP contribution in [-0.2, 0) is 4.74 Å². The van der Waals surface area contributed by atoms with E-state index in [1.165, 1.54) is 0 Å². The Morgan fingerprint density at radius 1 is 1.35 bits per heavy atom. The normalized spacial score (nSPS) is 17.2. The van der Waals surface area contributed by atoms with E-state index in [9.17, 15) is 4.79 Å². The number of methoxy groups -OCH3 is 1. The highest BCUT2D eigenvalue weighted by molar-refractivity contribution is 5.93. The Bertz CT molecular complexity index is 736. The van der Waals surface area contributed by atoms with Crippen molar-refractivity contribution in [1.82, 2.24) is 15.2 Å². The van der Waals surface area contributed by atoms with Crippen LogP contribution in [0.5, 0.6) is 0 Å². The van der Waals surface area contributed by atoms with Crippen molar-refractivity contribution in [3.63, 3.8) is 0 Å². The summed E-state index contributed by atoms with van der Waals surface area (Å²) in [6.45, 7) is 5.42. The Morgan fingerprint density at radius 2 is 2.15 bits per heavy atom. The number of pyridine rings is 1. The molecule has 1 unspecified atom stereocenters. The molecule has 2 heterocycles. The number of nitrogens with one attached hydrogen (secondary N) is 2. The molecule has 6 heteroatoms. The van der Waals surface area contributed by atoms with Gasteiger partial charge in [-0.05, 0) is 25.0 Å². The van der Waals surface area contributed by atoms with E-state index in [1.54, 1.807) is 7.11 Å². The van der Waals surface area contributed by atoms with Crippen LogP contribution in [0.2, 0.25) is 0 Å². The van der Waals surface area contributed by atoms with Gasteiger partial charge in [0.15, 0.2) is 0 Å². The zero-order valence-electron chi connectivity index (χ0n) is 15.4. The van der Waals surface area contributed by atoms with Crippen LogP contribution in [0.15, 0.2) is 42.6 Å². The molecule has 26 heavy (non-hydrogen) atoms. The lowest BCUT2D eigenvalue weighted by Crippen LogP contribution is -2.40. The van der Waals surface area contributed by atoms with Crippen LogP contribution < -0.4 is 10.6 Å². The van der Waals surface area contributed by atoms with Crippen molar-refractivity contribution in [3.8, 4) is 11.3 Å². The molecule has 0 spiro atoms. The number of anilines is 1. The van der Waals surface area contributed by atoms with Crippen LogP contribution in [-0.4, -0.2) is 55.3 Å². The fourth-order valence-corrected chi connectivity index (χ4v) is 3.21. The van der Waals surface area contributed by atoms with Crippen molar-refractivity contribution < 1.29 is 9.53 Å². The number of hydrogen-bond acceptors (Lipinski definition) is 4. The summed E-state index contributed by atoms with van der Waals surface area (Å²) in [4.78, 5) is 19.3. The smallest absolute Gasteiger partial charge is 0.319 e. The molecule has 0 bridgehead atoms. The number of amides is 2. The number of nitrogens with zero attached hydrogens (tertiary/aromatic N) is 2. The Kier molecular flexibility index (Phi) is 6.20. The number of rotatable bonds is 6. The molecule has 6 nitrogen and oxygen atoms in total. The largest absolute Gasteiger partial charge is 0.383 e. The molecular formula is C20H26N4O2. The van der Waals surface area contributed by atoms with Gasteiger partial charge in [-0.2, -0.15) is 0 Å². The SMILES string of the molecule is COCCN1CCC(NC(=O)Nc2cc(C)cnc2-c2ccccc2)C1. The topological polar surface area (TPSA) is 66.5 Å². The van der Waals surface area contributed by atoms with Gasteiger partial charge in [-0.25, -0.2) is 4.79 Å². The van der Waals surface area contributed by atoms with Crippen molar-refractivity contribution in [1.29, 1.82) is 0 Å². The summed E-state index contributed by atoms with van der Waals surface area (Å²) < 4.78 is 5.12. The first-order chi connectivity index (χ1) is 12.7. The maximum Gasteiger partial charge on any atom is 0.319 e. The van der Waals surface area contributed by atoms with Crippen molar-refractivity contribution in [2.45, 2.75) is 19.4 Å². The van der Waals surface area contributed by atoms with Crippen LogP contribution in [0, 0.1) is 6.92 Å². The molecule has 0 saturated carbocycles. The lowest BCUT2D eigenvalue weighted by Gasteiger charge is -2.17. The number of aromatic nitrogens is 1. The van der Waals surface area contributed by atoms with Gasteiger partial charge in [0, 0.05) is 44.5 Å². The summed E-state index contributed by atoms with van der Waals surface area (Å²) in [5.41, 5.74) is 3.49. The van der Waals surface area contributed by atoms with Crippen LogP contribution >= 0.6 is 0 Å². The van der Waals surface area contributed by atoms with E-state index < -0.39 is 0 Å². The zero-order valence-corrected chi connectivity index (χ0v) is 15.4. The quantitative estimate of drug-likeness (QED) is 0.837. The van der Waals surface area contributed by atoms with E-state index in [1.807, 2.05) is 49.5 Å². The van der Waals surface area contributed by atoms with E-state index in [-0.39, 0.29) is 12.1 Å². The average Bonchev–Trinajstić information content (AvgIpc) is 3.08. The molecule has 0 radical (unpaired) electrons. The minimum Gasteiger partial charge on any atom is -0.383 e. The summed E-state index contributed by atoms with van der Waals surface area (Å²) in [7, 11) is 1.71. The Morgan fingerprint density at radius 3 is 2.92 bits per heavy atom. The van der Waals surface area contributed by atoms with E-state index in [0.29, 0.717) is 6.61 Å². The minimum absolute atomic E-state index is 0.157. The monoisotopic (exact) mass is 354 g/mol. The van der Waals surface area contributed by atoms with Gasteiger partial charge in [-0.3, -0.25) is 9.88 Å². The summed E-state index contributed by atoms with van der Waals surface area (Å²) in [5.74, 6) is 0. The van der Waals surface area contributed by atoms with Crippen LogP contribution in [0.25, 0.3) is 11.3 Å². The predicted molar refractivity (Wildman–Crippen MR) is 103 cm³/mol. The molecule has 1 aromatic heterocycles. The van der Waals surface area contributed by atoms with E-state index in [2.05, 4.69) is 20.5 Å². The average molecular weight is 354 g/mol. The first kappa shape index (κ1) is 18.4. The van der Waals surface area contributed by atoms with Gasteiger partial charge in [-0.15, -0.1) is 0 Å². The molecule has 1 fully saturated rings. The van der Waals surface area contributed by atoms with Gasteiger partial charge in [0.1, 0.15) is 0 Å². The number of likely N-dealkylation sites (tertiary alicyclic amines) is 1. The molecule has 138 valence electrons. The molecule has 3 rings (SSSR count). The molecule has 1 aliphatic rings. The van der Waals surface area contributed by atoms with Gasteiger partial charge in [0.05, 0.1) is 18.0 Å². The second-order valence-electron chi connectivity index (χ2n) is 6.65. The van der Waals surface area contributed by atoms with E-state index in [4.69, 9.17) is 4.74 Å². The third kappa shape index (κ3) is 4.80. The number of carbonyl (C=O) groups is 1. The molecule has 0 aliphatic carbocycles. The minimum atomic E-state index is -0.187. The summed E-state index contributed by atoms with van der Waals surface area (Å²) >= 11 is 0. The Hall–Kier alpha value is -2.44. The van der Waals surface area contributed by atoms with Gasteiger partial charge in [0.25, 0.3) is 0 Å². The lowest BCUT2D eigenvalue weighted by molar-refractivity contribution is 0.160. The van der Waals surface area contributed by atoms with Crippen LogP contribution in [0.1, 0.15) is 12.0 Å². The highest BCUT2D eigenvalue weighted by Crippen LogP contribution is 2.26. The fraction of sp³-hybridized carbons (Fsp3) is 0.400. The number of aryl methyl sites for hydroxylation is 1. The first-order valence-corrected chi connectivity index (χ1v) is 8.96. The number of ether oxygens (including phenoxy) is 1. The third-order valence-electron chi connectivity index (χ3n) is 4.54. The highest BCUT2D eigenvalue weighted by Gasteiger charge is 2.23. The fourth-order valence-electron chi connectivity index (χ4n) is 3.21. The highest BCUT2D eigenvalue weighted by atomic mass is 16.5. The summed E-state index contributed by atoms with van der Waals surface area (Å²) in [6.07, 6.45) is 2.77. The Balaban J connectivity index is 1.64. The predicted octanol–water partition coefficient (Wildman–Crippen LogP) is 2.90. The maximum absolute atomic E-state index is 12.5. The number of benzene rings is 1. The van der Waals surface area contributed by atoms with Gasteiger partial charge in [-0.1, -0.05) is 30.3 Å². The molecule has 1 atom stereocenters. The second-order valence-corrected chi connectivity index (χ2v) is 6.65. The number of carbonyl (C=O) groups excluding carboxylic acids is 1. The maximum atomic E-state index is 12.5. The molecular weight excluding hydrogens is 328 g/mol. The van der Waals surface area contributed by atoms with E-state index in [0.717, 1.165) is 48.6 Å². The number of hydrogen-bond donors (Lipinski definition) is 2. The molecule has 1 saturated heterocycles. The first-order valence-electron chi connectivity index (χ1n) is 8.96. The summed E-state index contributed by atoms with van der Waals surface area (Å²) in [5, 5.41) is 6.05. The third-order valence-corrected chi connectivity index (χ3v) is 4.54. The van der Waals surface area contributed by atoms with Crippen molar-refractivity contribution in [3.05, 3.63) is 48.2 Å². The van der Waals surface area contributed by atoms with Crippen LogP contribution in [0.3, 0.4) is 0 Å². The van der Waals surface area contributed by atoms with Gasteiger partial charge in [0.2, 0.25) is 0 Å². The lowest BCUT2D eigenvalue weighted by atomic mass is 10.1. The van der Waals surface area contributed by atoms with Crippen molar-refractivity contribution in [2.75, 3.05) is 38.7 Å². The molecule has 1 aromatic carbocycles. The molecule has 1 aliphatic heterocycles. The van der Waals surface area contributed by atoms with E-state index >= 15 is 0 Å². The standard InChI is InChI=1S/C20H26N4O2/c1-15-12-18(19(21-13-15)16-6-4-3-5-7-16)23-20(25)22-17-8-9-24(14-17)10-11-26-2/h3-7,12-13,17H,8-11,14H2,1-2H3,(H2,22,23,25). The number of urea groups is 1. The second kappa shape index (κ2) is 8.78. The summed E-state index contributed by atoms with van der Waals surface area (Å²) in [6, 6.07) is 11.8. The van der Waals surface area contributed by atoms with Gasteiger partial charge >= 0.3 is 6.03 Å². The molecule has 2 amide bonds. The van der Waals surface area contributed by atoms with Crippen molar-refractivity contribution >= 4 is 11.7 Å². The van der Waals surface area contributed by atoms with Gasteiger partial charge < -0.3 is 15.4 Å².